The summed E-state index contributed by atoms with van der Waals surface area (Å²) in [5.41, 5.74) is 0.967. The molecule has 0 aromatic heterocycles. The normalized spacial score (nSPS) is 12.7. The third kappa shape index (κ3) is 3.38. The smallest absolute Gasteiger partial charge is 0.150 e. The number of rotatable bonds is 5. The summed E-state index contributed by atoms with van der Waals surface area (Å²) >= 11 is 0. The van der Waals surface area contributed by atoms with Crippen LogP contribution in [0.15, 0.2) is 36.4 Å². The topological polar surface area (TPSA) is 41.5 Å². The van der Waals surface area contributed by atoms with E-state index in [9.17, 15) is 5.11 Å². The molecule has 2 aromatic rings. The zero-order chi connectivity index (χ0) is 13.8. The molecule has 2 N–H and O–H groups in total. The second-order valence-corrected chi connectivity index (χ2v) is 5.12. The number of ether oxygens (including phenoxy) is 1. The summed E-state index contributed by atoms with van der Waals surface area (Å²) in [7, 11) is 0. The van der Waals surface area contributed by atoms with Gasteiger partial charge in [0, 0.05) is 11.4 Å². The molecule has 1 atom stereocenters. The third-order valence-corrected chi connectivity index (χ3v) is 2.79. The maximum absolute atomic E-state index is 9.41. The lowest BCUT2D eigenvalue weighted by molar-refractivity contribution is 0.124. The Labute approximate surface area is 114 Å². The fraction of sp³-hybridized carbons (Fsp3) is 0.375. The fourth-order valence-electron chi connectivity index (χ4n) is 2.03. The van der Waals surface area contributed by atoms with E-state index in [-0.39, 0.29) is 0 Å². The van der Waals surface area contributed by atoms with Crippen molar-refractivity contribution in [3.63, 3.8) is 0 Å². The molecule has 3 heteroatoms. The monoisotopic (exact) mass is 259 g/mol. The van der Waals surface area contributed by atoms with Crippen molar-refractivity contribution in [1.82, 2.24) is 0 Å². The SMILES string of the molecule is CC(O)COc1c(NC(C)C)ccc2ccccc12. The first-order valence-electron chi connectivity index (χ1n) is 6.67. The summed E-state index contributed by atoms with van der Waals surface area (Å²) < 4.78 is 5.80. The first-order valence-corrected chi connectivity index (χ1v) is 6.67. The average molecular weight is 259 g/mol. The molecule has 19 heavy (non-hydrogen) atoms. The van der Waals surface area contributed by atoms with Crippen molar-refractivity contribution in [3.8, 4) is 5.75 Å². The van der Waals surface area contributed by atoms with Crippen molar-refractivity contribution >= 4 is 16.5 Å². The minimum absolute atomic E-state index is 0.292. The van der Waals surface area contributed by atoms with Crippen LogP contribution in [0.3, 0.4) is 0 Å². The van der Waals surface area contributed by atoms with E-state index in [1.807, 2.05) is 24.3 Å². The molecule has 0 bridgehead atoms. The second-order valence-electron chi connectivity index (χ2n) is 5.12. The summed E-state index contributed by atoms with van der Waals surface area (Å²) in [6.07, 6.45) is -0.481. The van der Waals surface area contributed by atoms with Crippen LogP contribution in [-0.2, 0) is 0 Å². The van der Waals surface area contributed by atoms with E-state index < -0.39 is 6.10 Å². The molecular formula is C16H21NO2. The molecular weight excluding hydrogens is 238 g/mol. The molecule has 0 saturated carbocycles. The summed E-state index contributed by atoms with van der Waals surface area (Å²) in [6.45, 7) is 6.20. The molecule has 3 nitrogen and oxygen atoms in total. The molecule has 0 radical (unpaired) electrons. The van der Waals surface area contributed by atoms with Crippen molar-refractivity contribution < 1.29 is 9.84 Å². The lowest BCUT2D eigenvalue weighted by Crippen LogP contribution is -2.16. The van der Waals surface area contributed by atoms with E-state index >= 15 is 0 Å². The molecule has 2 aromatic carbocycles. The molecule has 0 amide bonds. The van der Waals surface area contributed by atoms with Crippen LogP contribution in [0.2, 0.25) is 0 Å². The second kappa shape index (κ2) is 5.93. The predicted octanol–water partition coefficient (Wildman–Crippen LogP) is 3.42. The summed E-state index contributed by atoms with van der Waals surface area (Å²) in [4.78, 5) is 0. The molecule has 0 spiro atoms. The third-order valence-electron chi connectivity index (χ3n) is 2.79. The van der Waals surface area contributed by atoms with E-state index in [4.69, 9.17) is 4.74 Å². The molecule has 0 fully saturated rings. The van der Waals surface area contributed by atoms with Crippen LogP contribution in [0.5, 0.6) is 5.75 Å². The Morgan fingerprint density at radius 2 is 1.84 bits per heavy atom. The largest absolute Gasteiger partial charge is 0.488 e. The number of aliphatic hydroxyl groups is 1. The number of fused-ring (bicyclic) bond motifs is 1. The molecule has 1 unspecified atom stereocenters. The lowest BCUT2D eigenvalue weighted by Gasteiger charge is -2.18. The highest BCUT2D eigenvalue weighted by atomic mass is 16.5. The summed E-state index contributed by atoms with van der Waals surface area (Å²) in [6, 6.07) is 12.5. The van der Waals surface area contributed by atoms with Gasteiger partial charge in [-0.3, -0.25) is 0 Å². The van der Waals surface area contributed by atoms with Gasteiger partial charge in [-0.25, -0.2) is 0 Å². The van der Waals surface area contributed by atoms with Gasteiger partial charge in [-0.1, -0.05) is 30.3 Å². The van der Waals surface area contributed by atoms with Crippen molar-refractivity contribution in [1.29, 1.82) is 0 Å². The van der Waals surface area contributed by atoms with Gasteiger partial charge >= 0.3 is 0 Å². The first-order chi connectivity index (χ1) is 9.08. The maximum atomic E-state index is 9.41. The zero-order valence-corrected chi connectivity index (χ0v) is 11.7. The standard InChI is InChI=1S/C16H21NO2/c1-11(2)17-15-9-8-13-6-4-5-7-14(13)16(15)19-10-12(3)18/h4-9,11-12,17-18H,10H2,1-3H3. The van der Waals surface area contributed by atoms with E-state index in [2.05, 4.69) is 31.3 Å². The first kappa shape index (κ1) is 13.7. The van der Waals surface area contributed by atoms with Gasteiger partial charge in [0.2, 0.25) is 0 Å². The van der Waals surface area contributed by atoms with Crippen molar-refractivity contribution in [2.75, 3.05) is 11.9 Å². The Bertz CT molecular complexity index is 549. The van der Waals surface area contributed by atoms with Crippen LogP contribution in [0.4, 0.5) is 5.69 Å². The zero-order valence-electron chi connectivity index (χ0n) is 11.7. The van der Waals surface area contributed by atoms with Gasteiger partial charge < -0.3 is 15.2 Å². The van der Waals surface area contributed by atoms with Crippen LogP contribution < -0.4 is 10.1 Å². The average Bonchev–Trinajstić information content (AvgIpc) is 2.36. The van der Waals surface area contributed by atoms with E-state index in [0.29, 0.717) is 12.6 Å². The lowest BCUT2D eigenvalue weighted by atomic mass is 10.1. The molecule has 102 valence electrons. The number of anilines is 1. The summed E-state index contributed by atoms with van der Waals surface area (Å²) in [5, 5.41) is 15.0. The highest BCUT2D eigenvalue weighted by Crippen LogP contribution is 2.34. The molecule has 0 saturated heterocycles. The van der Waals surface area contributed by atoms with Crippen LogP contribution in [0.25, 0.3) is 10.8 Å². The molecule has 2 rings (SSSR count). The molecule has 0 heterocycles. The van der Waals surface area contributed by atoms with Crippen LogP contribution in [-0.4, -0.2) is 23.9 Å². The van der Waals surface area contributed by atoms with Gasteiger partial charge in [0.15, 0.2) is 0 Å². The van der Waals surface area contributed by atoms with Gasteiger partial charge in [0.25, 0.3) is 0 Å². The minimum atomic E-state index is -0.481. The van der Waals surface area contributed by atoms with Gasteiger partial charge in [-0.05, 0) is 32.2 Å². The Morgan fingerprint density at radius 1 is 1.11 bits per heavy atom. The number of aliphatic hydroxyl groups excluding tert-OH is 1. The van der Waals surface area contributed by atoms with E-state index in [1.165, 1.54) is 0 Å². The minimum Gasteiger partial charge on any atom is -0.488 e. The van der Waals surface area contributed by atoms with Gasteiger partial charge in [0.1, 0.15) is 12.4 Å². The fourth-order valence-corrected chi connectivity index (χ4v) is 2.03. The van der Waals surface area contributed by atoms with Crippen LogP contribution >= 0.6 is 0 Å². The highest BCUT2D eigenvalue weighted by Gasteiger charge is 2.10. The Kier molecular flexibility index (Phi) is 4.27. The van der Waals surface area contributed by atoms with E-state index in [0.717, 1.165) is 22.2 Å². The number of hydrogen-bond donors (Lipinski definition) is 2. The van der Waals surface area contributed by atoms with Gasteiger partial charge in [-0.15, -0.1) is 0 Å². The Balaban J connectivity index is 2.44. The van der Waals surface area contributed by atoms with Crippen LogP contribution in [0, 0.1) is 0 Å². The van der Waals surface area contributed by atoms with Crippen molar-refractivity contribution in [2.45, 2.75) is 32.9 Å². The maximum Gasteiger partial charge on any atom is 0.150 e. The Hall–Kier alpha value is -1.74. The van der Waals surface area contributed by atoms with Gasteiger partial charge in [-0.2, -0.15) is 0 Å². The number of benzene rings is 2. The molecule has 0 aliphatic carbocycles. The van der Waals surface area contributed by atoms with E-state index in [1.54, 1.807) is 6.92 Å². The van der Waals surface area contributed by atoms with Gasteiger partial charge in [0.05, 0.1) is 11.8 Å². The van der Waals surface area contributed by atoms with Crippen molar-refractivity contribution in [2.24, 2.45) is 0 Å². The van der Waals surface area contributed by atoms with Crippen molar-refractivity contribution in [3.05, 3.63) is 36.4 Å². The predicted molar refractivity (Wildman–Crippen MR) is 79.9 cm³/mol. The summed E-state index contributed by atoms with van der Waals surface area (Å²) in [5.74, 6) is 0.813. The molecule has 0 aliphatic rings. The quantitative estimate of drug-likeness (QED) is 0.864. The number of nitrogens with one attached hydrogen (secondary N) is 1. The molecule has 0 aliphatic heterocycles. The Morgan fingerprint density at radius 3 is 2.53 bits per heavy atom. The van der Waals surface area contributed by atoms with Crippen LogP contribution in [0.1, 0.15) is 20.8 Å². The number of hydrogen-bond acceptors (Lipinski definition) is 3. The highest BCUT2D eigenvalue weighted by molar-refractivity contribution is 5.93.